The van der Waals surface area contributed by atoms with Crippen LogP contribution in [0.25, 0.3) is 0 Å². The monoisotopic (exact) mass is 223 g/mol. The molecule has 2 N–H and O–H groups in total. The molecule has 84 valence electrons. The maximum absolute atomic E-state index is 6.13. The fourth-order valence-corrected chi connectivity index (χ4v) is 2.12. The van der Waals surface area contributed by atoms with Crippen molar-refractivity contribution in [2.24, 2.45) is 5.73 Å². The highest BCUT2D eigenvalue weighted by atomic mass is 32.2. The Morgan fingerprint density at radius 1 is 1.20 bits per heavy atom. The number of rotatable bonds is 3. The van der Waals surface area contributed by atoms with Crippen LogP contribution in [0.2, 0.25) is 0 Å². The number of thioether (sulfide) groups is 1. The van der Waals surface area contributed by atoms with E-state index in [1.807, 2.05) is 11.8 Å². The summed E-state index contributed by atoms with van der Waals surface area (Å²) in [5.74, 6) is 0.979. The van der Waals surface area contributed by atoms with Crippen LogP contribution in [-0.2, 0) is 0 Å². The van der Waals surface area contributed by atoms with Crippen LogP contribution in [0.3, 0.4) is 0 Å². The lowest BCUT2D eigenvalue weighted by molar-refractivity contribution is 0.779. The molecule has 2 heteroatoms. The molecule has 1 atom stereocenters. The normalized spacial score (nSPS) is 13.9. The number of nitrogens with two attached hydrogens (primary N) is 1. The second-order valence-corrected chi connectivity index (χ2v) is 6.79. The molecule has 1 rings (SSSR count). The minimum absolute atomic E-state index is 0.148. The van der Waals surface area contributed by atoms with E-state index in [4.69, 9.17) is 5.73 Å². The first-order valence-corrected chi connectivity index (χ1v) is 6.33. The first-order valence-electron chi connectivity index (χ1n) is 5.34. The van der Waals surface area contributed by atoms with E-state index in [2.05, 4.69) is 52.0 Å². The van der Waals surface area contributed by atoms with Gasteiger partial charge < -0.3 is 5.73 Å². The zero-order valence-electron chi connectivity index (χ0n) is 10.1. The highest BCUT2D eigenvalue weighted by Crippen LogP contribution is 2.27. The molecule has 0 radical (unpaired) electrons. The molecule has 1 aromatic rings. The van der Waals surface area contributed by atoms with Crippen LogP contribution in [0.15, 0.2) is 24.3 Å². The quantitative estimate of drug-likeness (QED) is 0.848. The van der Waals surface area contributed by atoms with Gasteiger partial charge in [0.05, 0.1) is 0 Å². The van der Waals surface area contributed by atoms with Crippen molar-refractivity contribution in [1.82, 2.24) is 0 Å². The zero-order valence-corrected chi connectivity index (χ0v) is 10.9. The molecule has 0 fully saturated rings. The third kappa shape index (κ3) is 4.72. The Balaban J connectivity index is 2.54. The summed E-state index contributed by atoms with van der Waals surface area (Å²) in [5, 5.41) is 0. The molecule has 15 heavy (non-hydrogen) atoms. The Labute approximate surface area is 97.4 Å². The van der Waals surface area contributed by atoms with Crippen molar-refractivity contribution < 1.29 is 0 Å². The average Bonchev–Trinajstić information content (AvgIpc) is 2.14. The lowest BCUT2D eigenvalue weighted by Crippen LogP contribution is -2.17. The molecular formula is C13H21NS. The van der Waals surface area contributed by atoms with Gasteiger partial charge in [0.15, 0.2) is 0 Å². The van der Waals surface area contributed by atoms with Gasteiger partial charge in [0, 0.05) is 16.5 Å². The minimum Gasteiger partial charge on any atom is -0.323 e. The van der Waals surface area contributed by atoms with Gasteiger partial charge >= 0.3 is 0 Å². The van der Waals surface area contributed by atoms with Gasteiger partial charge in [-0.15, -0.1) is 0 Å². The van der Waals surface area contributed by atoms with Gasteiger partial charge in [-0.25, -0.2) is 0 Å². The van der Waals surface area contributed by atoms with E-state index in [-0.39, 0.29) is 6.04 Å². The third-order valence-corrected chi connectivity index (χ3v) is 3.59. The van der Waals surface area contributed by atoms with E-state index < -0.39 is 0 Å². The molecule has 0 saturated carbocycles. The van der Waals surface area contributed by atoms with Crippen LogP contribution in [-0.4, -0.2) is 10.5 Å². The summed E-state index contributed by atoms with van der Waals surface area (Å²) in [4.78, 5) is 0. The Kier molecular flexibility index (Phi) is 4.23. The molecule has 0 aromatic heterocycles. The summed E-state index contributed by atoms with van der Waals surface area (Å²) >= 11 is 1.92. The topological polar surface area (TPSA) is 26.0 Å². The molecule has 0 saturated heterocycles. The summed E-state index contributed by atoms with van der Waals surface area (Å²) in [6, 6.07) is 8.65. The predicted octanol–water partition coefficient (Wildman–Crippen LogP) is 3.53. The maximum atomic E-state index is 6.13. The van der Waals surface area contributed by atoms with Gasteiger partial charge in [0.1, 0.15) is 0 Å². The Hall–Kier alpha value is -0.470. The van der Waals surface area contributed by atoms with E-state index >= 15 is 0 Å². The summed E-state index contributed by atoms with van der Waals surface area (Å²) in [6.45, 7) is 8.76. The molecule has 0 aliphatic carbocycles. The standard InChI is InChI=1S/C13H21NS/c1-10-5-7-11(8-6-10)12(14)9-15-13(2,3)4/h5-8,12H,9,14H2,1-4H3. The van der Waals surface area contributed by atoms with E-state index in [0.29, 0.717) is 4.75 Å². The van der Waals surface area contributed by atoms with Gasteiger partial charge in [0.2, 0.25) is 0 Å². The van der Waals surface area contributed by atoms with Gasteiger partial charge in [-0.1, -0.05) is 50.6 Å². The van der Waals surface area contributed by atoms with Crippen LogP contribution >= 0.6 is 11.8 Å². The van der Waals surface area contributed by atoms with Gasteiger partial charge in [-0.2, -0.15) is 11.8 Å². The van der Waals surface area contributed by atoms with Crippen molar-refractivity contribution in [1.29, 1.82) is 0 Å². The fraction of sp³-hybridized carbons (Fsp3) is 0.538. The van der Waals surface area contributed by atoms with Crippen LogP contribution in [0.4, 0.5) is 0 Å². The molecule has 0 aliphatic rings. The van der Waals surface area contributed by atoms with E-state index in [0.717, 1.165) is 5.75 Å². The lowest BCUT2D eigenvalue weighted by atomic mass is 10.1. The summed E-state index contributed by atoms with van der Waals surface area (Å²) in [6.07, 6.45) is 0. The van der Waals surface area contributed by atoms with E-state index in [1.165, 1.54) is 11.1 Å². The largest absolute Gasteiger partial charge is 0.323 e. The number of benzene rings is 1. The van der Waals surface area contributed by atoms with Crippen molar-refractivity contribution in [3.05, 3.63) is 35.4 Å². The van der Waals surface area contributed by atoms with Crippen LogP contribution in [0.5, 0.6) is 0 Å². The SMILES string of the molecule is Cc1ccc(C(N)CSC(C)(C)C)cc1. The van der Waals surface area contributed by atoms with Crippen molar-refractivity contribution in [2.75, 3.05) is 5.75 Å². The highest BCUT2D eigenvalue weighted by Gasteiger charge is 2.14. The Morgan fingerprint density at radius 2 is 1.73 bits per heavy atom. The maximum Gasteiger partial charge on any atom is 0.0387 e. The first kappa shape index (κ1) is 12.6. The molecule has 0 aliphatic heterocycles. The van der Waals surface area contributed by atoms with Crippen LogP contribution < -0.4 is 5.73 Å². The molecule has 0 spiro atoms. The second-order valence-electron chi connectivity index (χ2n) is 4.94. The third-order valence-electron chi connectivity index (χ3n) is 2.20. The molecule has 1 aromatic carbocycles. The van der Waals surface area contributed by atoms with E-state index in [1.54, 1.807) is 0 Å². The smallest absolute Gasteiger partial charge is 0.0387 e. The molecule has 0 heterocycles. The van der Waals surface area contributed by atoms with Crippen molar-refractivity contribution in [3.8, 4) is 0 Å². The number of hydrogen-bond donors (Lipinski definition) is 1. The Morgan fingerprint density at radius 3 is 2.20 bits per heavy atom. The molecule has 0 bridgehead atoms. The number of aryl methyl sites for hydroxylation is 1. The lowest BCUT2D eigenvalue weighted by Gasteiger charge is -2.20. The van der Waals surface area contributed by atoms with Crippen molar-refractivity contribution in [2.45, 2.75) is 38.5 Å². The molecular weight excluding hydrogens is 202 g/mol. The Bertz CT molecular complexity index is 297. The average molecular weight is 223 g/mol. The summed E-state index contributed by atoms with van der Waals surface area (Å²) in [5.41, 5.74) is 8.65. The predicted molar refractivity (Wildman–Crippen MR) is 70.3 cm³/mol. The van der Waals surface area contributed by atoms with Gasteiger partial charge in [-0.05, 0) is 12.5 Å². The second kappa shape index (κ2) is 5.04. The minimum atomic E-state index is 0.148. The summed E-state index contributed by atoms with van der Waals surface area (Å²) < 4.78 is 0.294. The summed E-state index contributed by atoms with van der Waals surface area (Å²) in [7, 11) is 0. The molecule has 0 amide bonds. The zero-order chi connectivity index (χ0) is 11.5. The fourth-order valence-electron chi connectivity index (χ4n) is 1.25. The van der Waals surface area contributed by atoms with Crippen molar-refractivity contribution in [3.63, 3.8) is 0 Å². The van der Waals surface area contributed by atoms with Crippen LogP contribution in [0, 0.1) is 6.92 Å². The van der Waals surface area contributed by atoms with Crippen LogP contribution in [0.1, 0.15) is 37.9 Å². The van der Waals surface area contributed by atoms with E-state index in [9.17, 15) is 0 Å². The molecule has 1 unspecified atom stereocenters. The highest BCUT2D eigenvalue weighted by molar-refractivity contribution is 8.00. The number of hydrogen-bond acceptors (Lipinski definition) is 2. The van der Waals surface area contributed by atoms with Gasteiger partial charge in [0.25, 0.3) is 0 Å². The van der Waals surface area contributed by atoms with Gasteiger partial charge in [-0.3, -0.25) is 0 Å². The van der Waals surface area contributed by atoms with Crippen molar-refractivity contribution >= 4 is 11.8 Å². The first-order chi connectivity index (χ1) is 6.88. The molecule has 1 nitrogen and oxygen atoms in total.